The molecule has 1 aromatic heterocycles. The third-order valence-electron chi connectivity index (χ3n) is 3.47. The van der Waals surface area contributed by atoms with Gasteiger partial charge in [0.1, 0.15) is 0 Å². The molecular weight excluding hydrogens is 342 g/mol. The Kier molecular flexibility index (Phi) is 5.27. The minimum absolute atomic E-state index is 0.0131. The lowest BCUT2D eigenvalue weighted by molar-refractivity contribution is 0.262. The van der Waals surface area contributed by atoms with Crippen LogP contribution in [0, 0.1) is 6.92 Å². The van der Waals surface area contributed by atoms with Crippen molar-refractivity contribution in [1.29, 1.82) is 0 Å². The molecule has 0 aliphatic rings. The highest BCUT2D eigenvalue weighted by molar-refractivity contribution is 7.90. The topological polar surface area (TPSA) is 67.3 Å². The largest absolute Gasteiger partial charge is 0.396 e. The quantitative estimate of drug-likeness (QED) is 0.884. The van der Waals surface area contributed by atoms with Crippen LogP contribution in [0.2, 0.25) is 5.02 Å². The van der Waals surface area contributed by atoms with Crippen molar-refractivity contribution in [2.45, 2.75) is 31.1 Å². The second kappa shape index (κ2) is 6.66. The number of hydrogen-bond donors (Lipinski definition) is 1. The van der Waals surface area contributed by atoms with Crippen molar-refractivity contribution < 1.29 is 13.5 Å². The number of hydrogen-bond acceptors (Lipinski definition) is 5. The number of aryl methyl sites for hydroxylation is 1. The van der Waals surface area contributed by atoms with E-state index in [-0.39, 0.29) is 22.4 Å². The fourth-order valence-electron chi connectivity index (χ4n) is 2.17. The Morgan fingerprint density at radius 3 is 2.64 bits per heavy atom. The summed E-state index contributed by atoms with van der Waals surface area (Å²) in [4.78, 5) is 5.55. The van der Waals surface area contributed by atoms with Crippen LogP contribution in [-0.4, -0.2) is 31.4 Å². The van der Waals surface area contributed by atoms with Crippen LogP contribution in [0.4, 0.5) is 0 Å². The minimum atomic E-state index is -3.38. The zero-order chi connectivity index (χ0) is 16.5. The van der Waals surface area contributed by atoms with Crippen LogP contribution >= 0.6 is 22.9 Å². The molecule has 4 nitrogen and oxygen atoms in total. The Balaban J connectivity index is 2.54. The maximum atomic E-state index is 11.8. The van der Waals surface area contributed by atoms with E-state index in [1.807, 2.05) is 13.8 Å². The molecule has 0 aliphatic heterocycles. The molecule has 0 unspecified atom stereocenters. The second-order valence-corrected chi connectivity index (χ2v) is 8.59. The van der Waals surface area contributed by atoms with Gasteiger partial charge in [-0.25, -0.2) is 13.4 Å². The molecule has 0 spiro atoms. The first kappa shape index (κ1) is 17.4. The molecule has 0 aliphatic carbocycles. The van der Waals surface area contributed by atoms with Crippen molar-refractivity contribution in [3.63, 3.8) is 0 Å². The summed E-state index contributed by atoms with van der Waals surface area (Å²) in [6.45, 7) is 3.94. The number of aromatic nitrogens is 1. The molecule has 0 radical (unpaired) electrons. The van der Waals surface area contributed by atoms with Crippen molar-refractivity contribution in [1.82, 2.24) is 4.98 Å². The molecule has 2 rings (SSSR count). The van der Waals surface area contributed by atoms with E-state index in [9.17, 15) is 13.5 Å². The van der Waals surface area contributed by atoms with Gasteiger partial charge < -0.3 is 5.11 Å². The predicted molar refractivity (Wildman–Crippen MR) is 90.5 cm³/mol. The number of thiazole rings is 1. The summed E-state index contributed by atoms with van der Waals surface area (Å²) in [7, 11) is -3.38. The van der Waals surface area contributed by atoms with Crippen molar-refractivity contribution in [2.75, 3.05) is 12.9 Å². The van der Waals surface area contributed by atoms with Crippen LogP contribution in [0.15, 0.2) is 23.1 Å². The smallest absolute Gasteiger partial charge is 0.177 e. The van der Waals surface area contributed by atoms with Gasteiger partial charge in [0.2, 0.25) is 0 Å². The van der Waals surface area contributed by atoms with Gasteiger partial charge in [-0.2, -0.15) is 0 Å². The van der Waals surface area contributed by atoms with Crippen LogP contribution in [0.25, 0.3) is 10.4 Å². The Bertz CT molecular complexity index is 780. The van der Waals surface area contributed by atoms with Gasteiger partial charge in [0, 0.05) is 12.2 Å². The average Bonchev–Trinajstić information content (AvgIpc) is 2.81. The molecule has 2 aromatic rings. The average molecular weight is 360 g/mol. The molecule has 0 fully saturated rings. The third kappa shape index (κ3) is 3.51. The normalized spacial score (nSPS) is 13.3. The highest BCUT2D eigenvalue weighted by Crippen LogP contribution is 2.36. The molecule has 22 heavy (non-hydrogen) atoms. The summed E-state index contributed by atoms with van der Waals surface area (Å²) >= 11 is 7.47. The number of rotatable bonds is 5. The summed E-state index contributed by atoms with van der Waals surface area (Å²) in [5, 5.41) is 10.5. The lowest BCUT2D eigenvalue weighted by atomic mass is 10.1. The van der Waals surface area contributed by atoms with Gasteiger partial charge in [0.05, 0.1) is 32.1 Å². The van der Waals surface area contributed by atoms with E-state index >= 15 is 0 Å². The lowest BCUT2D eigenvalue weighted by Crippen LogP contribution is -2.01. The van der Waals surface area contributed by atoms with Crippen molar-refractivity contribution in [2.24, 2.45) is 0 Å². The highest BCUT2D eigenvalue weighted by atomic mass is 35.5. The number of nitrogens with zero attached hydrogens (tertiary/aromatic N) is 1. The number of sulfone groups is 1. The molecule has 120 valence electrons. The van der Waals surface area contributed by atoms with Crippen molar-refractivity contribution >= 4 is 32.8 Å². The fraction of sp³-hybridized carbons (Fsp3) is 0.400. The number of aliphatic hydroxyl groups excluding tert-OH is 1. The van der Waals surface area contributed by atoms with Crippen molar-refractivity contribution in [3.05, 3.63) is 33.9 Å². The van der Waals surface area contributed by atoms with Crippen LogP contribution in [0.1, 0.15) is 30.0 Å². The molecule has 1 atom stereocenters. The predicted octanol–water partition coefficient (Wildman–Crippen LogP) is 3.66. The first-order valence-electron chi connectivity index (χ1n) is 6.86. The van der Waals surface area contributed by atoms with Crippen LogP contribution in [-0.2, 0) is 9.84 Å². The zero-order valence-electron chi connectivity index (χ0n) is 12.6. The van der Waals surface area contributed by atoms with E-state index in [1.165, 1.54) is 11.3 Å². The van der Waals surface area contributed by atoms with Gasteiger partial charge in [0.25, 0.3) is 0 Å². The van der Waals surface area contributed by atoms with Crippen LogP contribution < -0.4 is 0 Å². The minimum Gasteiger partial charge on any atom is -0.396 e. The molecule has 7 heteroatoms. The van der Waals surface area contributed by atoms with Gasteiger partial charge in [-0.1, -0.05) is 24.6 Å². The molecule has 1 aromatic carbocycles. The Labute approximate surface area is 139 Å². The molecule has 1 N–H and O–H groups in total. The van der Waals surface area contributed by atoms with Gasteiger partial charge >= 0.3 is 0 Å². The van der Waals surface area contributed by atoms with E-state index < -0.39 is 9.84 Å². The maximum absolute atomic E-state index is 11.8. The Hall–Kier alpha value is -0.950. The van der Waals surface area contributed by atoms with Gasteiger partial charge in [-0.3, -0.25) is 0 Å². The standard InChI is InChI=1S/C15H18ClNO3S2/c1-4-10(8-18)15-17-9(2)14(21-15)11-5-6-12(16)13(7-11)22(3,19)20/h5-7,10,18H,4,8H2,1-3H3/t10-/m0/s1. The summed E-state index contributed by atoms with van der Waals surface area (Å²) in [6, 6.07) is 4.97. The number of aliphatic hydroxyl groups is 1. The van der Waals surface area contributed by atoms with E-state index in [4.69, 9.17) is 11.6 Å². The second-order valence-electron chi connectivity index (χ2n) is 5.17. The lowest BCUT2D eigenvalue weighted by Gasteiger charge is -2.06. The summed E-state index contributed by atoms with van der Waals surface area (Å²) in [5.74, 6) is 0.0131. The SMILES string of the molecule is CC[C@@H](CO)c1nc(C)c(-c2ccc(Cl)c(S(C)(=O)=O)c2)s1. The first-order chi connectivity index (χ1) is 10.3. The summed E-state index contributed by atoms with van der Waals surface area (Å²) in [6.07, 6.45) is 1.94. The van der Waals surface area contributed by atoms with Crippen molar-refractivity contribution in [3.8, 4) is 10.4 Å². The summed E-state index contributed by atoms with van der Waals surface area (Å²) in [5.41, 5.74) is 1.60. The first-order valence-corrected chi connectivity index (χ1v) is 9.94. The van der Waals surface area contributed by atoms with Crippen LogP contribution in [0.5, 0.6) is 0 Å². The van der Waals surface area contributed by atoms with E-state index in [2.05, 4.69) is 4.98 Å². The fourth-order valence-corrected chi connectivity index (χ4v) is 4.71. The molecule has 0 saturated heterocycles. The van der Waals surface area contributed by atoms with Gasteiger partial charge in [-0.05, 0) is 31.0 Å². The van der Waals surface area contributed by atoms with Gasteiger partial charge in [0.15, 0.2) is 9.84 Å². The number of halogens is 1. The molecule has 0 bridgehead atoms. The Morgan fingerprint density at radius 1 is 1.41 bits per heavy atom. The Morgan fingerprint density at radius 2 is 2.09 bits per heavy atom. The monoisotopic (exact) mass is 359 g/mol. The summed E-state index contributed by atoms with van der Waals surface area (Å²) < 4.78 is 23.6. The third-order valence-corrected chi connectivity index (χ3v) is 6.42. The van der Waals surface area contributed by atoms with E-state index in [0.717, 1.165) is 33.8 Å². The van der Waals surface area contributed by atoms with E-state index in [0.29, 0.717) is 0 Å². The molecule has 1 heterocycles. The zero-order valence-corrected chi connectivity index (χ0v) is 15.0. The molecule has 0 amide bonds. The molecular formula is C15H18ClNO3S2. The van der Waals surface area contributed by atoms with E-state index in [1.54, 1.807) is 18.2 Å². The molecule has 0 saturated carbocycles. The maximum Gasteiger partial charge on any atom is 0.177 e. The number of benzene rings is 1. The van der Waals surface area contributed by atoms with Gasteiger partial charge in [-0.15, -0.1) is 11.3 Å². The highest BCUT2D eigenvalue weighted by Gasteiger charge is 2.19. The van der Waals surface area contributed by atoms with Crippen LogP contribution in [0.3, 0.4) is 0 Å².